The van der Waals surface area contributed by atoms with Gasteiger partial charge >= 0.3 is 0 Å². The number of likely N-dealkylation sites (N-methyl/N-ethyl adjacent to an activating group) is 1. The summed E-state index contributed by atoms with van der Waals surface area (Å²) in [6.45, 7) is 8.93. The van der Waals surface area contributed by atoms with Gasteiger partial charge in [0.1, 0.15) is 29.0 Å². The Morgan fingerprint density at radius 2 is 1.82 bits per heavy atom. The zero-order chi connectivity index (χ0) is 27.6. The highest BCUT2D eigenvalue weighted by Crippen LogP contribution is 2.27. The van der Waals surface area contributed by atoms with Crippen molar-refractivity contribution in [2.24, 2.45) is 21.9 Å². The number of carbonyl (C=O) groups excluding carboxylic acids is 1. The number of benzene rings is 1. The number of hydrogen-bond donors (Lipinski definition) is 4. The summed E-state index contributed by atoms with van der Waals surface area (Å²) in [5, 5.41) is 3.09. The first-order valence-electron chi connectivity index (χ1n) is 12.1. The summed E-state index contributed by atoms with van der Waals surface area (Å²) in [6, 6.07) is 3.95. The van der Waals surface area contributed by atoms with Gasteiger partial charge in [-0.2, -0.15) is 9.98 Å². The Hall–Kier alpha value is -4.39. The van der Waals surface area contributed by atoms with Crippen LogP contribution in [0.15, 0.2) is 41.3 Å². The molecule has 0 atom stereocenters. The molecule has 0 spiro atoms. The molecule has 1 amide bonds. The Morgan fingerprint density at radius 1 is 1.11 bits per heavy atom. The van der Waals surface area contributed by atoms with Crippen molar-refractivity contribution in [1.29, 1.82) is 0 Å². The smallest absolute Gasteiger partial charge is 0.281 e. The van der Waals surface area contributed by atoms with Crippen LogP contribution in [0.3, 0.4) is 0 Å². The van der Waals surface area contributed by atoms with Gasteiger partial charge in [-0.05, 0) is 31.3 Å². The van der Waals surface area contributed by atoms with Crippen LogP contribution in [-0.2, 0) is 0 Å². The Kier molecular flexibility index (Phi) is 7.39. The predicted molar refractivity (Wildman–Crippen MR) is 147 cm³/mol. The fourth-order valence-corrected chi connectivity index (χ4v) is 3.69. The third-order valence-corrected chi connectivity index (χ3v) is 6.14. The lowest BCUT2D eigenvalue weighted by Crippen LogP contribution is -2.45. The number of allylic oxidation sites excluding steroid dienone is 1. The number of nitrogens with two attached hydrogens (primary N) is 3. The molecule has 1 aliphatic heterocycles. The Bertz CT molecular complexity index is 1420. The zero-order valence-electron chi connectivity index (χ0n) is 21.9. The van der Waals surface area contributed by atoms with E-state index < -0.39 is 11.7 Å². The summed E-state index contributed by atoms with van der Waals surface area (Å²) in [4.78, 5) is 38.4. The van der Waals surface area contributed by atoms with Crippen LogP contribution in [0.2, 0.25) is 0 Å². The maximum Gasteiger partial charge on any atom is 0.281 e. The number of piperazine rings is 1. The minimum atomic E-state index is -0.849. The molecule has 0 aliphatic carbocycles. The second-order valence-electron chi connectivity index (χ2n) is 10.1. The summed E-state index contributed by atoms with van der Waals surface area (Å²) >= 11 is 0. The molecule has 3 heterocycles. The van der Waals surface area contributed by atoms with Crippen molar-refractivity contribution in [1.82, 2.24) is 24.8 Å². The molecule has 2 aromatic heterocycles. The van der Waals surface area contributed by atoms with Crippen LogP contribution in [0.25, 0.3) is 11.0 Å². The molecule has 3 aromatic rings. The highest BCUT2D eigenvalue weighted by molar-refractivity contribution is 6.07. The van der Waals surface area contributed by atoms with Gasteiger partial charge in [-0.1, -0.05) is 20.8 Å². The molecule has 0 bridgehead atoms. The number of fused-ring (bicyclic) bond motifs is 1. The van der Waals surface area contributed by atoms with Gasteiger partial charge in [-0.25, -0.2) is 19.3 Å². The normalized spacial score (nSPS) is 15.7. The van der Waals surface area contributed by atoms with Crippen molar-refractivity contribution in [2.75, 3.05) is 49.2 Å². The van der Waals surface area contributed by atoms with Gasteiger partial charge in [-0.3, -0.25) is 4.79 Å². The Morgan fingerprint density at radius 3 is 2.50 bits per heavy atom. The van der Waals surface area contributed by atoms with Crippen LogP contribution in [-0.4, -0.2) is 69.8 Å². The predicted octanol–water partition coefficient (Wildman–Crippen LogP) is 2.02. The van der Waals surface area contributed by atoms with Crippen molar-refractivity contribution in [3.8, 4) is 0 Å². The van der Waals surface area contributed by atoms with E-state index in [2.05, 4.69) is 42.2 Å². The standard InChI is InChI=1S/C25H32FN11O/c1-25(2,3)17(27)12-18(28)33-23(38)15-11-14(5-6-16(15)26)32-22-20-19(30-13-31-22)21(29)35-24(34-20)37-9-7-36(4)8-10-37/h5-6,11-13H,7-10,27H2,1-4H3,(H2,28,33,38)(H2,29,34,35)(H,30,31,32). The molecule has 1 aromatic carbocycles. The van der Waals surface area contributed by atoms with E-state index >= 15 is 0 Å². The van der Waals surface area contributed by atoms with E-state index in [-0.39, 0.29) is 22.6 Å². The molecule has 4 rings (SSSR count). The first-order chi connectivity index (χ1) is 17.9. The summed E-state index contributed by atoms with van der Waals surface area (Å²) < 4.78 is 14.6. The summed E-state index contributed by atoms with van der Waals surface area (Å²) in [7, 11) is 2.06. The largest absolute Gasteiger partial charge is 0.401 e. The monoisotopic (exact) mass is 521 g/mol. The third kappa shape index (κ3) is 5.94. The van der Waals surface area contributed by atoms with Crippen LogP contribution >= 0.6 is 0 Å². The average Bonchev–Trinajstić information content (AvgIpc) is 2.85. The summed E-state index contributed by atoms with van der Waals surface area (Å²) in [5.41, 5.74) is 19.0. The van der Waals surface area contributed by atoms with Crippen molar-refractivity contribution in [3.63, 3.8) is 0 Å². The van der Waals surface area contributed by atoms with E-state index in [0.29, 0.717) is 34.2 Å². The molecule has 7 N–H and O–H groups in total. The minimum absolute atomic E-state index is 0.120. The molecule has 1 saturated heterocycles. The molecule has 0 unspecified atom stereocenters. The number of nitrogen functional groups attached to an aromatic ring is 1. The summed E-state index contributed by atoms with van der Waals surface area (Å²) in [5.74, 6) is -0.696. The lowest BCUT2D eigenvalue weighted by molar-refractivity contribution is 0.0999. The van der Waals surface area contributed by atoms with E-state index in [0.717, 1.165) is 32.2 Å². The topological polar surface area (TPSA) is 178 Å². The molecule has 0 radical (unpaired) electrons. The van der Waals surface area contributed by atoms with Crippen molar-refractivity contribution >= 4 is 46.0 Å². The van der Waals surface area contributed by atoms with Gasteiger partial charge < -0.3 is 32.3 Å². The van der Waals surface area contributed by atoms with Gasteiger partial charge in [0.2, 0.25) is 5.95 Å². The van der Waals surface area contributed by atoms with Crippen LogP contribution < -0.4 is 27.4 Å². The third-order valence-electron chi connectivity index (χ3n) is 6.14. The van der Waals surface area contributed by atoms with Crippen LogP contribution in [0.5, 0.6) is 0 Å². The van der Waals surface area contributed by atoms with Crippen molar-refractivity contribution < 1.29 is 9.18 Å². The SMILES string of the molecule is CN1CCN(c2nc(N)c3ncnc(Nc4ccc(F)c(C(=O)N=C(N)C=C(N)C(C)(C)C)c4)c3n2)CC1. The van der Waals surface area contributed by atoms with Crippen LogP contribution in [0, 0.1) is 11.2 Å². The van der Waals surface area contributed by atoms with E-state index in [1.165, 1.54) is 24.5 Å². The molecule has 200 valence electrons. The maximum atomic E-state index is 14.6. The highest BCUT2D eigenvalue weighted by Gasteiger charge is 2.21. The van der Waals surface area contributed by atoms with Crippen molar-refractivity contribution in [2.45, 2.75) is 20.8 Å². The highest BCUT2D eigenvalue weighted by atomic mass is 19.1. The second-order valence-corrected chi connectivity index (χ2v) is 10.1. The number of amides is 1. The number of hydrogen-bond acceptors (Lipinski definition) is 10. The van der Waals surface area contributed by atoms with Gasteiger partial charge in [0.15, 0.2) is 11.6 Å². The van der Waals surface area contributed by atoms with Gasteiger partial charge in [0.25, 0.3) is 5.91 Å². The number of aliphatic imine (C=N–C) groups is 1. The molecular weight excluding hydrogens is 489 g/mol. The number of aromatic nitrogens is 4. The van der Waals surface area contributed by atoms with Gasteiger partial charge in [0.05, 0.1) is 5.56 Å². The van der Waals surface area contributed by atoms with E-state index in [4.69, 9.17) is 17.2 Å². The average molecular weight is 522 g/mol. The number of rotatable bonds is 5. The number of carbonyl (C=O) groups is 1. The molecule has 12 nitrogen and oxygen atoms in total. The summed E-state index contributed by atoms with van der Waals surface area (Å²) in [6.07, 6.45) is 2.72. The molecule has 13 heteroatoms. The minimum Gasteiger partial charge on any atom is -0.401 e. The van der Waals surface area contributed by atoms with Crippen LogP contribution in [0.4, 0.5) is 27.7 Å². The van der Waals surface area contributed by atoms with E-state index in [1.54, 1.807) is 0 Å². The number of nitrogens with zero attached hydrogens (tertiary/aromatic N) is 7. The number of nitrogens with one attached hydrogen (secondary N) is 1. The molecule has 1 aliphatic rings. The Labute approximate surface area is 219 Å². The first-order valence-corrected chi connectivity index (χ1v) is 12.1. The number of halogens is 1. The second kappa shape index (κ2) is 10.5. The molecule has 0 saturated carbocycles. The fourth-order valence-electron chi connectivity index (χ4n) is 3.69. The molecule has 1 fully saturated rings. The molecular formula is C25H32FN11O. The van der Waals surface area contributed by atoms with Crippen LogP contribution in [0.1, 0.15) is 31.1 Å². The maximum absolute atomic E-state index is 14.6. The van der Waals surface area contributed by atoms with Crippen molar-refractivity contribution in [3.05, 3.63) is 47.7 Å². The van der Waals surface area contributed by atoms with Gasteiger partial charge in [-0.15, -0.1) is 0 Å². The first kappa shape index (κ1) is 26.7. The number of amidine groups is 1. The quantitative estimate of drug-likeness (QED) is 0.285. The fraction of sp³-hybridized carbons (Fsp3) is 0.360. The lowest BCUT2D eigenvalue weighted by Gasteiger charge is -2.32. The number of anilines is 4. The van der Waals surface area contributed by atoms with E-state index in [9.17, 15) is 9.18 Å². The Balaban J connectivity index is 1.64. The molecule has 38 heavy (non-hydrogen) atoms. The van der Waals surface area contributed by atoms with E-state index in [1.807, 2.05) is 25.7 Å². The zero-order valence-corrected chi connectivity index (χ0v) is 21.9. The van der Waals surface area contributed by atoms with Gasteiger partial charge in [0, 0.05) is 43.0 Å². The lowest BCUT2D eigenvalue weighted by atomic mass is 9.92.